The van der Waals surface area contributed by atoms with Crippen molar-refractivity contribution >= 4 is 34.0 Å². The summed E-state index contributed by atoms with van der Waals surface area (Å²) < 4.78 is 11.5. The van der Waals surface area contributed by atoms with E-state index in [4.69, 9.17) is 9.47 Å². The molecule has 0 radical (unpaired) electrons. The largest absolute Gasteiger partial charge is 0.490 e. The van der Waals surface area contributed by atoms with Gasteiger partial charge in [0.1, 0.15) is 0 Å². The van der Waals surface area contributed by atoms with E-state index in [2.05, 4.69) is 11.4 Å². The van der Waals surface area contributed by atoms with Crippen LogP contribution in [-0.4, -0.2) is 19.1 Å². The molecule has 0 bridgehead atoms. The lowest BCUT2D eigenvalue weighted by atomic mass is 9.97. The molecule has 0 unspecified atom stereocenters. The number of fused-ring (bicyclic) bond motifs is 1. The van der Waals surface area contributed by atoms with Crippen molar-refractivity contribution in [2.24, 2.45) is 0 Å². The van der Waals surface area contributed by atoms with Crippen molar-refractivity contribution in [1.82, 2.24) is 0 Å². The van der Waals surface area contributed by atoms with Gasteiger partial charge in [0, 0.05) is 11.3 Å². The number of anilines is 1. The molecule has 174 valence electrons. The second-order valence-corrected chi connectivity index (χ2v) is 8.04. The number of rotatable bonds is 8. The number of aryl methyl sites for hydroxylation is 1. The van der Waals surface area contributed by atoms with Crippen molar-refractivity contribution in [3.8, 4) is 17.6 Å². The van der Waals surface area contributed by atoms with Gasteiger partial charge in [0.15, 0.2) is 18.1 Å². The molecule has 35 heavy (non-hydrogen) atoms. The van der Waals surface area contributed by atoms with E-state index in [1.54, 1.807) is 6.07 Å². The lowest BCUT2D eigenvalue weighted by Gasteiger charge is -2.13. The number of nitriles is 1. The second kappa shape index (κ2) is 11.0. The van der Waals surface area contributed by atoms with Gasteiger partial charge in [-0.1, -0.05) is 66.2 Å². The van der Waals surface area contributed by atoms with Gasteiger partial charge >= 0.3 is 0 Å². The van der Waals surface area contributed by atoms with Gasteiger partial charge in [-0.2, -0.15) is 5.26 Å². The first-order valence-corrected chi connectivity index (χ1v) is 11.4. The number of nitrogens with one attached hydrogen (secondary N) is 1. The predicted octanol–water partition coefficient (Wildman–Crippen LogP) is 6.63. The maximum absolute atomic E-state index is 12.3. The molecule has 1 amide bonds. The van der Waals surface area contributed by atoms with Gasteiger partial charge in [0.2, 0.25) is 0 Å². The fourth-order valence-electron chi connectivity index (χ4n) is 3.78. The van der Waals surface area contributed by atoms with E-state index in [0.29, 0.717) is 29.4 Å². The first kappa shape index (κ1) is 23.6. The molecule has 4 aromatic rings. The van der Waals surface area contributed by atoms with Crippen LogP contribution in [0.5, 0.6) is 11.5 Å². The smallest absolute Gasteiger partial charge is 0.262 e. The van der Waals surface area contributed by atoms with Crippen molar-refractivity contribution in [3.05, 3.63) is 102 Å². The van der Waals surface area contributed by atoms with E-state index in [0.717, 1.165) is 27.5 Å². The minimum atomic E-state index is -0.261. The molecule has 0 aliphatic carbocycles. The summed E-state index contributed by atoms with van der Waals surface area (Å²) in [6.07, 6.45) is 1.83. The van der Waals surface area contributed by atoms with Gasteiger partial charge in [0.05, 0.1) is 18.2 Å². The molecule has 0 aromatic heterocycles. The number of amides is 1. The van der Waals surface area contributed by atoms with Crippen LogP contribution in [0.3, 0.4) is 0 Å². The zero-order valence-corrected chi connectivity index (χ0v) is 19.7. The molecule has 1 N–H and O–H groups in total. The Hall–Kier alpha value is -4.56. The minimum absolute atomic E-state index is 0.150. The van der Waals surface area contributed by atoms with Crippen LogP contribution >= 0.6 is 0 Å². The molecule has 0 saturated heterocycles. The van der Waals surface area contributed by atoms with Crippen molar-refractivity contribution in [2.75, 3.05) is 18.5 Å². The van der Waals surface area contributed by atoms with Gasteiger partial charge < -0.3 is 14.8 Å². The highest BCUT2D eigenvalue weighted by atomic mass is 16.5. The van der Waals surface area contributed by atoms with Crippen LogP contribution in [0.1, 0.15) is 23.6 Å². The molecule has 0 aliphatic rings. The van der Waals surface area contributed by atoms with Crippen LogP contribution in [0.4, 0.5) is 5.69 Å². The minimum Gasteiger partial charge on any atom is -0.490 e. The summed E-state index contributed by atoms with van der Waals surface area (Å²) in [5.41, 5.74) is 4.06. The maximum atomic E-state index is 12.3. The third-order valence-electron chi connectivity index (χ3n) is 5.47. The van der Waals surface area contributed by atoms with E-state index in [9.17, 15) is 10.1 Å². The molecule has 0 aliphatic heterocycles. The molecule has 0 atom stereocenters. The van der Waals surface area contributed by atoms with Crippen LogP contribution in [0.25, 0.3) is 22.4 Å². The fourth-order valence-corrected chi connectivity index (χ4v) is 3.78. The highest BCUT2D eigenvalue weighted by Crippen LogP contribution is 2.31. The normalized spacial score (nSPS) is 11.1. The fraction of sp³-hybridized carbons (Fsp3) is 0.133. The number of nitrogens with zero attached hydrogens (tertiary/aromatic N) is 1. The number of hydrogen-bond donors (Lipinski definition) is 1. The maximum Gasteiger partial charge on any atom is 0.262 e. The number of carbonyl (C=O) groups excluding carboxylic acids is 1. The van der Waals surface area contributed by atoms with Crippen molar-refractivity contribution in [3.63, 3.8) is 0 Å². The summed E-state index contributed by atoms with van der Waals surface area (Å²) in [5.74, 6) is 0.717. The molecule has 5 nitrogen and oxygen atoms in total. The quantitative estimate of drug-likeness (QED) is 0.236. The molecule has 0 fully saturated rings. The molecule has 0 heterocycles. The van der Waals surface area contributed by atoms with E-state index in [1.807, 2.05) is 98.8 Å². The van der Waals surface area contributed by atoms with Crippen molar-refractivity contribution in [2.45, 2.75) is 13.8 Å². The first-order chi connectivity index (χ1) is 17.1. The summed E-state index contributed by atoms with van der Waals surface area (Å²) in [6.45, 7) is 4.16. The van der Waals surface area contributed by atoms with Gasteiger partial charge in [-0.15, -0.1) is 0 Å². The number of carbonyl (C=O) groups is 1. The zero-order valence-electron chi connectivity index (χ0n) is 19.7. The Labute approximate surface area is 205 Å². The van der Waals surface area contributed by atoms with Crippen LogP contribution in [0, 0.1) is 18.3 Å². The molecular weight excluding hydrogens is 436 g/mol. The monoisotopic (exact) mass is 462 g/mol. The van der Waals surface area contributed by atoms with Crippen LogP contribution in [-0.2, 0) is 4.79 Å². The Bertz CT molecular complexity index is 1410. The third kappa shape index (κ3) is 5.87. The van der Waals surface area contributed by atoms with Crippen LogP contribution in [0.15, 0.2) is 84.9 Å². The predicted molar refractivity (Wildman–Crippen MR) is 140 cm³/mol. The lowest BCUT2D eigenvalue weighted by Crippen LogP contribution is -2.20. The van der Waals surface area contributed by atoms with Gasteiger partial charge in [-0.3, -0.25) is 4.79 Å². The summed E-state index contributed by atoms with van der Waals surface area (Å²) >= 11 is 0. The SMILES string of the molecule is CCOc1cc(/C=C(\C#N)c2cccc3ccccc23)ccc1OCC(=O)Nc1ccc(C)cc1. The molecular formula is C30H26N2O3. The third-order valence-corrected chi connectivity index (χ3v) is 5.47. The molecule has 4 aromatic carbocycles. The second-order valence-electron chi connectivity index (χ2n) is 8.04. The highest BCUT2D eigenvalue weighted by molar-refractivity contribution is 6.01. The number of hydrogen-bond acceptors (Lipinski definition) is 4. The number of benzene rings is 4. The van der Waals surface area contributed by atoms with Gasteiger partial charge in [-0.25, -0.2) is 0 Å². The van der Waals surface area contributed by atoms with E-state index in [1.165, 1.54) is 0 Å². The van der Waals surface area contributed by atoms with Crippen LogP contribution in [0.2, 0.25) is 0 Å². The Morgan fingerprint density at radius 1 is 0.943 bits per heavy atom. The van der Waals surface area contributed by atoms with Crippen molar-refractivity contribution in [1.29, 1.82) is 5.26 Å². The molecule has 0 saturated carbocycles. The lowest BCUT2D eigenvalue weighted by molar-refractivity contribution is -0.118. The standard InChI is InChI=1S/C30H26N2O3/c1-3-34-29-18-22(17-24(19-31)27-10-6-8-23-7-4-5-9-26(23)27)13-16-28(29)35-20-30(33)32-25-14-11-21(2)12-15-25/h4-18H,3,20H2,1-2H3,(H,32,33)/b24-17+. The van der Waals surface area contributed by atoms with E-state index >= 15 is 0 Å². The summed E-state index contributed by atoms with van der Waals surface area (Å²) in [7, 11) is 0. The van der Waals surface area contributed by atoms with Gasteiger partial charge in [-0.05, 0) is 60.5 Å². The number of allylic oxidation sites excluding steroid dienone is 1. The summed E-state index contributed by atoms with van der Waals surface area (Å²) in [6, 6.07) is 29.2. The average molecular weight is 463 g/mol. The molecule has 5 heteroatoms. The topological polar surface area (TPSA) is 71.3 Å². The Morgan fingerprint density at radius 2 is 1.71 bits per heavy atom. The Kier molecular flexibility index (Phi) is 7.44. The average Bonchev–Trinajstić information content (AvgIpc) is 2.88. The highest BCUT2D eigenvalue weighted by Gasteiger charge is 2.11. The first-order valence-electron chi connectivity index (χ1n) is 11.4. The molecule has 4 rings (SSSR count). The summed E-state index contributed by atoms with van der Waals surface area (Å²) in [4.78, 5) is 12.3. The zero-order chi connectivity index (χ0) is 24.6. The van der Waals surface area contributed by atoms with Crippen LogP contribution < -0.4 is 14.8 Å². The van der Waals surface area contributed by atoms with E-state index in [-0.39, 0.29) is 12.5 Å². The Balaban J connectivity index is 1.54. The van der Waals surface area contributed by atoms with E-state index < -0.39 is 0 Å². The van der Waals surface area contributed by atoms with Crippen molar-refractivity contribution < 1.29 is 14.3 Å². The number of ether oxygens (including phenoxy) is 2. The molecule has 0 spiro atoms. The summed E-state index contributed by atoms with van der Waals surface area (Å²) in [5, 5.41) is 14.8. The van der Waals surface area contributed by atoms with Gasteiger partial charge in [0.25, 0.3) is 5.91 Å². The Morgan fingerprint density at radius 3 is 2.49 bits per heavy atom.